The quantitative estimate of drug-likeness (QED) is 0.851. The molecular formula is C16H16N2O5S. The highest BCUT2D eigenvalue weighted by molar-refractivity contribution is 7.88. The van der Waals surface area contributed by atoms with Gasteiger partial charge in [0.25, 0.3) is 0 Å². The molecule has 0 saturated heterocycles. The lowest BCUT2D eigenvalue weighted by Crippen LogP contribution is -2.25. The van der Waals surface area contributed by atoms with E-state index in [1.54, 1.807) is 12.1 Å². The summed E-state index contributed by atoms with van der Waals surface area (Å²) in [6.07, 6.45) is 1.57. The van der Waals surface area contributed by atoms with Crippen LogP contribution in [0.3, 0.4) is 0 Å². The Morgan fingerprint density at radius 2 is 1.96 bits per heavy atom. The molecule has 0 bridgehead atoms. The summed E-state index contributed by atoms with van der Waals surface area (Å²) in [7, 11) is -3.51. The van der Waals surface area contributed by atoms with Gasteiger partial charge in [-0.2, -0.15) is 9.52 Å². The van der Waals surface area contributed by atoms with Crippen LogP contribution in [0.15, 0.2) is 39.9 Å². The van der Waals surface area contributed by atoms with E-state index in [1.807, 2.05) is 25.1 Å². The zero-order valence-corrected chi connectivity index (χ0v) is 14.0. The Kier molecular flexibility index (Phi) is 3.31. The number of hydrogen-bond donors (Lipinski definition) is 0. The minimum Gasteiger partial charge on any atom is -0.464 e. The molecule has 3 heterocycles. The summed E-state index contributed by atoms with van der Waals surface area (Å²) < 4.78 is 41.7. The van der Waals surface area contributed by atoms with Gasteiger partial charge in [-0.1, -0.05) is 0 Å². The number of aryl methyl sites for hydroxylation is 1. The number of ether oxygens (including phenoxy) is 2. The number of hydrogen-bond acceptors (Lipinski definition) is 6. The van der Waals surface area contributed by atoms with Crippen LogP contribution in [0.25, 0.3) is 0 Å². The van der Waals surface area contributed by atoms with Crippen molar-refractivity contribution in [2.45, 2.75) is 19.4 Å². The second-order valence-corrected chi connectivity index (χ2v) is 7.66. The maximum atomic E-state index is 12.1. The van der Waals surface area contributed by atoms with Gasteiger partial charge in [-0.15, -0.1) is 0 Å². The number of fused-ring (bicyclic) bond motifs is 1. The number of furan rings is 1. The number of nitrogens with zero attached hydrogens (tertiary/aromatic N) is 2. The predicted octanol–water partition coefficient (Wildman–Crippen LogP) is 2.43. The van der Waals surface area contributed by atoms with Gasteiger partial charge in [0.05, 0.1) is 12.0 Å². The molecule has 2 aliphatic rings. The molecule has 0 saturated carbocycles. The van der Waals surface area contributed by atoms with Crippen LogP contribution in [0.2, 0.25) is 0 Å². The van der Waals surface area contributed by atoms with E-state index in [-0.39, 0.29) is 6.79 Å². The van der Waals surface area contributed by atoms with E-state index in [4.69, 9.17) is 13.9 Å². The second kappa shape index (κ2) is 5.27. The first-order chi connectivity index (χ1) is 11.4. The first-order valence-electron chi connectivity index (χ1n) is 7.45. The third-order valence-electron chi connectivity index (χ3n) is 4.01. The van der Waals surface area contributed by atoms with E-state index < -0.39 is 16.1 Å². The van der Waals surface area contributed by atoms with E-state index in [0.717, 1.165) is 22.0 Å². The lowest BCUT2D eigenvalue weighted by Gasteiger charge is -2.18. The standard InChI is InChI=1S/C16H16N2O5S/c1-10-3-5-14(23-10)13-8-12(17-18(13)24(2,19)20)11-4-6-15-16(7-11)22-9-21-15/h3-7,13H,8-9H2,1-2H3/t13-/m0/s1. The van der Waals surface area contributed by atoms with E-state index in [0.29, 0.717) is 29.4 Å². The molecule has 126 valence electrons. The SMILES string of the molecule is Cc1ccc([C@@H]2CC(c3ccc4c(c3)OCO4)=NN2S(C)(=O)=O)o1. The molecule has 2 aliphatic heterocycles. The van der Waals surface area contributed by atoms with Gasteiger partial charge in [0.2, 0.25) is 16.8 Å². The minimum absolute atomic E-state index is 0.190. The van der Waals surface area contributed by atoms with E-state index >= 15 is 0 Å². The summed E-state index contributed by atoms with van der Waals surface area (Å²) in [5.41, 5.74) is 1.47. The van der Waals surface area contributed by atoms with Crippen molar-refractivity contribution in [1.29, 1.82) is 0 Å². The number of rotatable bonds is 3. The van der Waals surface area contributed by atoms with E-state index in [9.17, 15) is 8.42 Å². The first-order valence-corrected chi connectivity index (χ1v) is 9.30. The maximum absolute atomic E-state index is 12.1. The van der Waals surface area contributed by atoms with Gasteiger partial charge < -0.3 is 13.9 Å². The third-order valence-corrected chi connectivity index (χ3v) is 5.02. The van der Waals surface area contributed by atoms with E-state index in [1.165, 1.54) is 0 Å². The first kappa shape index (κ1) is 15.1. The molecule has 8 heteroatoms. The van der Waals surface area contributed by atoms with Crippen molar-refractivity contribution in [3.05, 3.63) is 47.4 Å². The third kappa shape index (κ3) is 2.52. The minimum atomic E-state index is -3.51. The topological polar surface area (TPSA) is 81.3 Å². The Hall–Kier alpha value is -2.48. The van der Waals surface area contributed by atoms with Crippen LogP contribution in [0.5, 0.6) is 11.5 Å². The van der Waals surface area contributed by atoms with Gasteiger partial charge >= 0.3 is 0 Å². The molecule has 2 aromatic rings. The summed E-state index contributed by atoms with van der Waals surface area (Å²) >= 11 is 0. The maximum Gasteiger partial charge on any atom is 0.247 e. The Bertz CT molecular complexity index is 932. The molecule has 0 N–H and O–H groups in total. The summed E-state index contributed by atoms with van der Waals surface area (Å²) in [6, 6.07) is 8.59. The summed E-state index contributed by atoms with van der Waals surface area (Å²) in [4.78, 5) is 0. The lowest BCUT2D eigenvalue weighted by molar-refractivity contribution is 0.174. The fourth-order valence-electron chi connectivity index (χ4n) is 2.89. The Balaban J connectivity index is 1.72. The zero-order chi connectivity index (χ0) is 16.9. The number of hydrazone groups is 1. The van der Waals surface area contributed by atoms with Crippen LogP contribution in [0.1, 0.15) is 29.5 Å². The normalized spacial score (nSPS) is 19.7. The van der Waals surface area contributed by atoms with Crippen molar-refractivity contribution >= 4 is 15.7 Å². The van der Waals surface area contributed by atoms with E-state index in [2.05, 4.69) is 5.10 Å². The molecule has 0 unspecified atom stereocenters. The van der Waals surface area contributed by atoms with Gasteiger partial charge in [-0.25, -0.2) is 8.42 Å². The number of benzene rings is 1. The largest absolute Gasteiger partial charge is 0.464 e. The van der Waals surface area contributed by atoms with Crippen LogP contribution >= 0.6 is 0 Å². The van der Waals surface area contributed by atoms with Gasteiger partial charge in [-0.3, -0.25) is 0 Å². The van der Waals surface area contributed by atoms with Crippen molar-refractivity contribution in [1.82, 2.24) is 4.41 Å². The van der Waals surface area contributed by atoms with Gasteiger partial charge in [0.15, 0.2) is 11.5 Å². The van der Waals surface area contributed by atoms with Gasteiger partial charge in [0, 0.05) is 12.0 Å². The Labute approximate surface area is 139 Å². The van der Waals surface area contributed by atoms with Gasteiger partial charge in [-0.05, 0) is 37.3 Å². The molecule has 1 aromatic carbocycles. The molecule has 0 radical (unpaired) electrons. The Morgan fingerprint density at radius 1 is 1.17 bits per heavy atom. The molecule has 0 aliphatic carbocycles. The van der Waals surface area contributed by atoms with Gasteiger partial charge in [0.1, 0.15) is 17.6 Å². The fraction of sp³-hybridized carbons (Fsp3) is 0.312. The van der Waals surface area contributed by atoms with Crippen molar-refractivity contribution in [2.75, 3.05) is 13.0 Å². The van der Waals surface area contributed by atoms with Crippen molar-refractivity contribution < 1.29 is 22.3 Å². The predicted molar refractivity (Wildman–Crippen MR) is 86.6 cm³/mol. The van der Waals surface area contributed by atoms with Crippen LogP contribution in [-0.4, -0.2) is 31.6 Å². The van der Waals surface area contributed by atoms with Crippen molar-refractivity contribution in [3.8, 4) is 11.5 Å². The van der Waals surface area contributed by atoms with Crippen LogP contribution in [-0.2, 0) is 10.0 Å². The molecule has 0 spiro atoms. The summed E-state index contributed by atoms with van der Waals surface area (Å²) in [5, 5.41) is 4.33. The fourth-order valence-corrected chi connectivity index (χ4v) is 3.78. The molecule has 0 fully saturated rings. The molecule has 24 heavy (non-hydrogen) atoms. The highest BCUT2D eigenvalue weighted by Crippen LogP contribution is 2.38. The summed E-state index contributed by atoms with van der Waals surface area (Å²) in [5.74, 6) is 2.63. The average Bonchev–Trinajstić information content (AvgIpc) is 3.23. The number of sulfonamides is 1. The lowest BCUT2D eigenvalue weighted by atomic mass is 10.0. The molecule has 0 amide bonds. The molecule has 4 rings (SSSR count). The zero-order valence-electron chi connectivity index (χ0n) is 13.2. The monoisotopic (exact) mass is 348 g/mol. The van der Waals surface area contributed by atoms with Crippen LogP contribution in [0.4, 0.5) is 0 Å². The van der Waals surface area contributed by atoms with Crippen LogP contribution < -0.4 is 9.47 Å². The highest BCUT2D eigenvalue weighted by atomic mass is 32.2. The average molecular weight is 348 g/mol. The van der Waals surface area contributed by atoms with Crippen LogP contribution in [0, 0.1) is 6.92 Å². The second-order valence-electron chi connectivity index (χ2n) is 5.82. The highest BCUT2D eigenvalue weighted by Gasteiger charge is 2.36. The molecule has 1 aromatic heterocycles. The molecular weight excluding hydrogens is 332 g/mol. The summed E-state index contributed by atoms with van der Waals surface area (Å²) in [6.45, 7) is 2.01. The van der Waals surface area contributed by atoms with Crippen molar-refractivity contribution in [3.63, 3.8) is 0 Å². The van der Waals surface area contributed by atoms with Crippen molar-refractivity contribution in [2.24, 2.45) is 5.10 Å². The molecule has 7 nitrogen and oxygen atoms in total. The smallest absolute Gasteiger partial charge is 0.247 e. The Morgan fingerprint density at radius 3 is 2.67 bits per heavy atom. The molecule has 1 atom stereocenters.